The average Bonchev–Trinajstić information content (AvgIpc) is 2.43. The van der Waals surface area contributed by atoms with E-state index in [2.05, 4.69) is 0 Å². The molecule has 106 valence electrons. The molecule has 1 aliphatic rings. The molecule has 19 heavy (non-hydrogen) atoms. The molecule has 4 heteroatoms. The topological polar surface area (TPSA) is 46.2 Å². The molecule has 2 atom stereocenters. The molecule has 0 bridgehead atoms. The van der Waals surface area contributed by atoms with Gasteiger partial charge in [0.1, 0.15) is 5.82 Å². The predicted octanol–water partition coefficient (Wildman–Crippen LogP) is 3.46. The summed E-state index contributed by atoms with van der Waals surface area (Å²) < 4.78 is 14.0. The SMILES string of the molecule is NCC(c1c(F)cccc1Cl)C(O)C1CCCCC1. The summed E-state index contributed by atoms with van der Waals surface area (Å²) in [5.74, 6) is -0.590. The van der Waals surface area contributed by atoms with E-state index in [9.17, 15) is 9.50 Å². The molecule has 3 N–H and O–H groups in total. The molecule has 2 rings (SSSR count). The Morgan fingerprint density at radius 3 is 2.58 bits per heavy atom. The van der Waals surface area contributed by atoms with E-state index in [0.29, 0.717) is 10.6 Å². The van der Waals surface area contributed by atoms with Crippen molar-refractivity contribution in [2.24, 2.45) is 11.7 Å². The Balaban J connectivity index is 2.23. The third-order valence-electron chi connectivity index (χ3n) is 4.17. The Morgan fingerprint density at radius 1 is 1.32 bits per heavy atom. The molecule has 1 aromatic rings. The standard InChI is InChI=1S/C15H21ClFNO/c16-12-7-4-8-13(17)14(12)11(9-18)15(19)10-5-2-1-3-6-10/h4,7-8,10-11,15,19H,1-3,5-6,9,18H2. The summed E-state index contributed by atoms with van der Waals surface area (Å²) in [6.07, 6.45) is 4.85. The van der Waals surface area contributed by atoms with Crippen LogP contribution in [0.1, 0.15) is 43.6 Å². The number of rotatable bonds is 4. The zero-order valence-electron chi connectivity index (χ0n) is 11.0. The van der Waals surface area contributed by atoms with Gasteiger partial charge in [-0.05, 0) is 30.9 Å². The zero-order valence-corrected chi connectivity index (χ0v) is 11.7. The lowest BCUT2D eigenvalue weighted by Crippen LogP contribution is -2.34. The normalized spacial score (nSPS) is 20.2. The summed E-state index contributed by atoms with van der Waals surface area (Å²) in [6.45, 7) is 0.207. The summed E-state index contributed by atoms with van der Waals surface area (Å²) in [5, 5.41) is 10.9. The number of aliphatic hydroxyl groups excluding tert-OH is 1. The van der Waals surface area contributed by atoms with Crippen LogP contribution in [0, 0.1) is 11.7 Å². The van der Waals surface area contributed by atoms with Gasteiger partial charge in [0.2, 0.25) is 0 Å². The number of nitrogens with two attached hydrogens (primary N) is 1. The lowest BCUT2D eigenvalue weighted by molar-refractivity contribution is 0.0614. The van der Waals surface area contributed by atoms with Crippen LogP contribution in [0.5, 0.6) is 0 Å². The molecule has 0 aliphatic heterocycles. The van der Waals surface area contributed by atoms with Gasteiger partial charge in [-0.15, -0.1) is 0 Å². The monoisotopic (exact) mass is 285 g/mol. The molecule has 0 heterocycles. The van der Waals surface area contributed by atoms with E-state index in [1.807, 2.05) is 0 Å². The minimum atomic E-state index is -0.611. The number of aliphatic hydroxyl groups is 1. The summed E-state index contributed by atoms with van der Waals surface area (Å²) >= 11 is 6.08. The fourth-order valence-corrected chi connectivity index (χ4v) is 3.40. The Bertz CT molecular complexity index is 400. The van der Waals surface area contributed by atoms with Crippen molar-refractivity contribution in [3.05, 3.63) is 34.6 Å². The van der Waals surface area contributed by atoms with Crippen LogP contribution in [0.2, 0.25) is 5.02 Å². The number of halogens is 2. The molecule has 0 spiro atoms. The van der Waals surface area contributed by atoms with Crippen LogP contribution in [0.3, 0.4) is 0 Å². The number of benzene rings is 1. The van der Waals surface area contributed by atoms with Crippen LogP contribution in [0.25, 0.3) is 0 Å². The van der Waals surface area contributed by atoms with Crippen molar-refractivity contribution in [1.82, 2.24) is 0 Å². The molecule has 0 aromatic heterocycles. The van der Waals surface area contributed by atoms with E-state index in [-0.39, 0.29) is 18.3 Å². The van der Waals surface area contributed by atoms with E-state index in [1.165, 1.54) is 12.5 Å². The molecule has 0 radical (unpaired) electrons. The lowest BCUT2D eigenvalue weighted by atomic mass is 9.78. The molecule has 0 saturated heterocycles. The Morgan fingerprint density at radius 2 is 2.00 bits per heavy atom. The third-order valence-corrected chi connectivity index (χ3v) is 4.50. The van der Waals surface area contributed by atoms with Crippen LogP contribution in [-0.4, -0.2) is 17.8 Å². The predicted molar refractivity (Wildman–Crippen MR) is 75.8 cm³/mol. The van der Waals surface area contributed by atoms with E-state index in [4.69, 9.17) is 17.3 Å². The summed E-state index contributed by atoms with van der Waals surface area (Å²) in [4.78, 5) is 0. The van der Waals surface area contributed by atoms with Crippen LogP contribution in [-0.2, 0) is 0 Å². The second kappa shape index (κ2) is 6.69. The van der Waals surface area contributed by atoms with E-state index in [1.54, 1.807) is 12.1 Å². The Labute approximate surface area is 118 Å². The molecular formula is C15H21ClFNO. The maximum absolute atomic E-state index is 14.0. The first-order valence-electron chi connectivity index (χ1n) is 6.97. The van der Waals surface area contributed by atoms with Gasteiger partial charge in [-0.25, -0.2) is 4.39 Å². The second-order valence-electron chi connectivity index (χ2n) is 5.37. The highest BCUT2D eigenvalue weighted by Gasteiger charge is 2.31. The summed E-state index contributed by atoms with van der Waals surface area (Å²) in [5.41, 5.74) is 6.13. The third kappa shape index (κ3) is 3.28. The first-order chi connectivity index (χ1) is 9.15. The van der Waals surface area contributed by atoms with Crippen molar-refractivity contribution in [3.8, 4) is 0 Å². The molecule has 1 aromatic carbocycles. The maximum atomic E-state index is 14.0. The van der Waals surface area contributed by atoms with Crippen molar-refractivity contribution < 1.29 is 9.50 Å². The number of hydrogen-bond donors (Lipinski definition) is 2. The van der Waals surface area contributed by atoms with Crippen molar-refractivity contribution >= 4 is 11.6 Å². The van der Waals surface area contributed by atoms with E-state index in [0.717, 1.165) is 25.7 Å². The quantitative estimate of drug-likeness (QED) is 0.890. The largest absolute Gasteiger partial charge is 0.392 e. The smallest absolute Gasteiger partial charge is 0.128 e. The second-order valence-corrected chi connectivity index (χ2v) is 5.77. The molecule has 0 amide bonds. The van der Waals surface area contributed by atoms with Crippen molar-refractivity contribution in [2.75, 3.05) is 6.54 Å². The molecule has 1 saturated carbocycles. The minimum absolute atomic E-state index is 0.206. The van der Waals surface area contributed by atoms with Gasteiger partial charge in [-0.3, -0.25) is 0 Å². The Kier molecular flexibility index (Phi) is 5.20. The first kappa shape index (κ1) is 14.8. The fourth-order valence-electron chi connectivity index (χ4n) is 3.10. The highest BCUT2D eigenvalue weighted by atomic mass is 35.5. The van der Waals surface area contributed by atoms with Crippen LogP contribution in [0.4, 0.5) is 4.39 Å². The van der Waals surface area contributed by atoms with Gasteiger partial charge in [-0.2, -0.15) is 0 Å². The van der Waals surface area contributed by atoms with Crippen molar-refractivity contribution in [1.29, 1.82) is 0 Å². The summed E-state index contributed by atoms with van der Waals surface area (Å²) in [6, 6.07) is 4.59. The maximum Gasteiger partial charge on any atom is 0.128 e. The zero-order chi connectivity index (χ0) is 13.8. The van der Waals surface area contributed by atoms with Crippen LogP contribution >= 0.6 is 11.6 Å². The molecule has 2 unspecified atom stereocenters. The van der Waals surface area contributed by atoms with Gasteiger partial charge in [-0.1, -0.05) is 36.9 Å². The van der Waals surface area contributed by atoms with Crippen molar-refractivity contribution in [2.45, 2.75) is 44.1 Å². The Hall–Kier alpha value is -0.640. The average molecular weight is 286 g/mol. The van der Waals surface area contributed by atoms with Crippen LogP contribution < -0.4 is 5.73 Å². The molecule has 1 aliphatic carbocycles. The van der Waals surface area contributed by atoms with E-state index < -0.39 is 12.0 Å². The van der Waals surface area contributed by atoms with E-state index >= 15 is 0 Å². The van der Waals surface area contributed by atoms with Gasteiger partial charge in [0.05, 0.1) is 6.10 Å². The molecule has 2 nitrogen and oxygen atoms in total. The molecular weight excluding hydrogens is 265 g/mol. The van der Waals surface area contributed by atoms with Crippen molar-refractivity contribution in [3.63, 3.8) is 0 Å². The first-order valence-corrected chi connectivity index (χ1v) is 7.35. The van der Waals surface area contributed by atoms with Gasteiger partial charge in [0, 0.05) is 23.0 Å². The fraction of sp³-hybridized carbons (Fsp3) is 0.600. The van der Waals surface area contributed by atoms with Gasteiger partial charge in [0.15, 0.2) is 0 Å². The van der Waals surface area contributed by atoms with Gasteiger partial charge in [0.25, 0.3) is 0 Å². The lowest BCUT2D eigenvalue weighted by Gasteiger charge is -2.32. The highest BCUT2D eigenvalue weighted by Crippen LogP contribution is 2.36. The van der Waals surface area contributed by atoms with Gasteiger partial charge >= 0.3 is 0 Å². The number of hydrogen-bond acceptors (Lipinski definition) is 2. The van der Waals surface area contributed by atoms with Crippen LogP contribution in [0.15, 0.2) is 18.2 Å². The minimum Gasteiger partial charge on any atom is -0.392 e. The summed E-state index contributed by atoms with van der Waals surface area (Å²) in [7, 11) is 0. The molecule has 1 fully saturated rings. The highest BCUT2D eigenvalue weighted by molar-refractivity contribution is 6.31. The van der Waals surface area contributed by atoms with Gasteiger partial charge < -0.3 is 10.8 Å².